The number of carboxylic acid groups (broad SMARTS) is 1. The first-order valence-corrected chi connectivity index (χ1v) is 12.2. The summed E-state index contributed by atoms with van der Waals surface area (Å²) in [5, 5.41) is 11.1. The van der Waals surface area contributed by atoms with Crippen LogP contribution in [-0.4, -0.2) is 59.5 Å². The Morgan fingerprint density at radius 1 is 1.31 bits per heavy atom. The number of fused-ring (bicyclic) bond motifs is 1. The fourth-order valence-corrected chi connectivity index (χ4v) is 7.17. The van der Waals surface area contributed by atoms with Crippen LogP contribution in [0.5, 0.6) is 0 Å². The third-order valence-electron chi connectivity index (χ3n) is 4.86. The lowest BCUT2D eigenvalue weighted by Crippen LogP contribution is -2.40. The lowest BCUT2D eigenvalue weighted by Gasteiger charge is -2.21. The Morgan fingerprint density at radius 3 is 2.66 bits per heavy atom. The summed E-state index contributed by atoms with van der Waals surface area (Å²) >= 11 is 9.55. The van der Waals surface area contributed by atoms with Gasteiger partial charge in [0.05, 0.1) is 46.2 Å². The predicted octanol–water partition coefficient (Wildman–Crippen LogP) is 0.304. The molecule has 1 aromatic rings. The summed E-state index contributed by atoms with van der Waals surface area (Å²) in [6.45, 7) is -0.655. The van der Waals surface area contributed by atoms with Crippen molar-refractivity contribution in [2.24, 2.45) is 0 Å². The van der Waals surface area contributed by atoms with E-state index in [0.29, 0.717) is 15.7 Å². The molecule has 3 aliphatic heterocycles. The number of rotatable bonds is 3. The number of carboxylic acids is 1. The molecule has 12 heteroatoms. The molecular formula is C17H12BrN2O6S3-. The summed E-state index contributed by atoms with van der Waals surface area (Å²) in [5.41, 5.74) is 0.819. The standard InChI is InChI=1S/C17H13BrN2O6S3/c18-8-1-2-11-10(5-8)13(15(23)19(11)6-12(21)22)14-16(24)20(17(27)28-14)9-3-4-29(25,26)7-9/h1-2,5,9H,3-4,6-7H2,(H,21,22)/p-1/b14-13+/t9-/m0/s1. The molecule has 152 valence electrons. The van der Waals surface area contributed by atoms with Gasteiger partial charge in [-0.25, -0.2) is 8.42 Å². The Labute approximate surface area is 184 Å². The average Bonchev–Trinajstić information content (AvgIpc) is 3.20. The maximum atomic E-state index is 13.1. The number of anilines is 1. The van der Waals surface area contributed by atoms with Crippen LogP contribution < -0.4 is 10.0 Å². The number of benzene rings is 1. The van der Waals surface area contributed by atoms with Crippen LogP contribution in [0.3, 0.4) is 0 Å². The number of halogens is 1. The predicted molar refractivity (Wildman–Crippen MR) is 113 cm³/mol. The second-order valence-corrected chi connectivity index (χ2v) is 11.5. The van der Waals surface area contributed by atoms with Crippen LogP contribution in [-0.2, 0) is 24.2 Å². The van der Waals surface area contributed by atoms with Gasteiger partial charge in [-0.3, -0.25) is 14.5 Å². The van der Waals surface area contributed by atoms with Crippen LogP contribution in [0.4, 0.5) is 5.69 Å². The highest BCUT2D eigenvalue weighted by atomic mass is 79.9. The van der Waals surface area contributed by atoms with E-state index in [1.54, 1.807) is 18.2 Å². The molecule has 3 aliphatic rings. The van der Waals surface area contributed by atoms with Gasteiger partial charge in [0, 0.05) is 10.0 Å². The topological polar surface area (TPSA) is 115 Å². The van der Waals surface area contributed by atoms with E-state index in [0.717, 1.165) is 16.7 Å². The van der Waals surface area contributed by atoms with Gasteiger partial charge in [-0.2, -0.15) is 0 Å². The summed E-state index contributed by atoms with van der Waals surface area (Å²) in [7, 11) is -3.24. The van der Waals surface area contributed by atoms with Crippen molar-refractivity contribution in [2.75, 3.05) is 23.0 Å². The van der Waals surface area contributed by atoms with Gasteiger partial charge in [0.1, 0.15) is 4.32 Å². The minimum atomic E-state index is -3.24. The maximum absolute atomic E-state index is 13.1. The fraction of sp³-hybridized carbons (Fsp3) is 0.294. The molecule has 0 bridgehead atoms. The van der Waals surface area contributed by atoms with E-state index in [1.807, 2.05) is 0 Å². The number of thioether (sulfide) groups is 1. The van der Waals surface area contributed by atoms with Crippen LogP contribution in [0.25, 0.3) is 5.57 Å². The highest BCUT2D eigenvalue weighted by Gasteiger charge is 2.46. The molecule has 0 spiro atoms. The Balaban J connectivity index is 1.80. The van der Waals surface area contributed by atoms with Crippen LogP contribution in [0, 0.1) is 0 Å². The van der Waals surface area contributed by atoms with E-state index in [1.165, 1.54) is 4.90 Å². The molecule has 2 fully saturated rings. The largest absolute Gasteiger partial charge is 0.548 e. The molecule has 0 radical (unpaired) electrons. The fourth-order valence-electron chi connectivity index (χ4n) is 3.63. The Kier molecular flexibility index (Phi) is 5.08. The number of carbonyl (C=O) groups excluding carboxylic acids is 3. The number of thiocarbonyl (C=S) groups is 1. The molecule has 0 aromatic heterocycles. The molecule has 29 heavy (non-hydrogen) atoms. The first kappa shape index (κ1) is 20.5. The summed E-state index contributed by atoms with van der Waals surface area (Å²) < 4.78 is 24.5. The van der Waals surface area contributed by atoms with Gasteiger partial charge in [-0.15, -0.1) is 0 Å². The minimum Gasteiger partial charge on any atom is -0.548 e. The molecule has 2 saturated heterocycles. The van der Waals surface area contributed by atoms with E-state index in [-0.39, 0.29) is 32.7 Å². The minimum absolute atomic E-state index is 0.0191. The zero-order valence-electron chi connectivity index (χ0n) is 14.6. The number of sulfone groups is 1. The van der Waals surface area contributed by atoms with E-state index < -0.39 is 40.2 Å². The summed E-state index contributed by atoms with van der Waals surface area (Å²) in [6.07, 6.45) is 0.282. The zero-order valence-corrected chi connectivity index (χ0v) is 18.6. The average molecular weight is 516 g/mol. The van der Waals surface area contributed by atoms with E-state index >= 15 is 0 Å². The smallest absolute Gasteiger partial charge is 0.267 e. The Morgan fingerprint density at radius 2 is 2.03 bits per heavy atom. The molecule has 1 aromatic carbocycles. The van der Waals surface area contributed by atoms with Gasteiger partial charge in [0.25, 0.3) is 11.8 Å². The van der Waals surface area contributed by atoms with Crippen molar-refractivity contribution < 1.29 is 27.9 Å². The number of aliphatic carboxylic acids is 1. The second-order valence-electron chi connectivity index (χ2n) is 6.73. The van der Waals surface area contributed by atoms with Gasteiger partial charge in [0.2, 0.25) is 0 Å². The normalized spacial score (nSPS) is 25.8. The van der Waals surface area contributed by atoms with Crippen LogP contribution in [0.1, 0.15) is 12.0 Å². The molecular weight excluding hydrogens is 504 g/mol. The molecule has 3 heterocycles. The number of nitrogens with zero attached hydrogens (tertiary/aromatic N) is 2. The van der Waals surface area contributed by atoms with Crippen molar-refractivity contribution in [1.29, 1.82) is 0 Å². The monoisotopic (exact) mass is 515 g/mol. The Bertz CT molecular complexity index is 1130. The van der Waals surface area contributed by atoms with Gasteiger partial charge < -0.3 is 14.8 Å². The van der Waals surface area contributed by atoms with E-state index in [9.17, 15) is 27.9 Å². The third-order valence-corrected chi connectivity index (χ3v) is 8.51. The highest BCUT2D eigenvalue weighted by Crippen LogP contribution is 2.46. The quantitative estimate of drug-likeness (QED) is 0.417. The first-order chi connectivity index (χ1) is 13.6. The molecule has 2 amide bonds. The van der Waals surface area contributed by atoms with Gasteiger partial charge in [0.15, 0.2) is 9.84 Å². The number of carbonyl (C=O) groups is 3. The first-order valence-electron chi connectivity index (χ1n) is 8.41. The van der Waals surface area contributed by atoms with Crippen molar-refractivity contribution in [3.63, 3.8) is 0 Å². The zero-order chi connectivity index (χ0) is 21.1. The lowest BCUT2D eigenvalue weighted by molar-refractivity contribution is -0.303. The Hall–Kier alpha value is -1.76. The molecule has 0 saturated carbocycles. The van der Waals surface area contributed by atoms with Crippen molar-refractivity contribution in [1.82, 2.24) is 4.90 Å². The summed E-state index contributed by atoms with van der Waals surface area (Å²) in [4.78, 5) is 39.6. The number of amides is 2. The summed E-state index contributed by atoms with van der Waals surface area (Å²) in [5.74, 6) is -2.80. The van der Waals surface area contributed by atoms with Gasteiger partial charge >= 0.3 is 0 Å². The SMILES string of the molecule is O=C([O-])CN1C(=O)/C(=C2/SC(=S)N([C@H]3CCS(=O)(=O)C3)C2=O)c2cc(Br)ccc21. The van der Waals surface area contributed by atoms with E-state index in [2.05, 4.69) is 15.9 Å². The maximum Gasteiger partial charge on any atom is 0.267 e. The van der Waals surface area contributed by atoms with Crippen molar-refractivity contribution in [2.45, 2.75) is 12.5 Å². The van der Waals surface area contributed by atoms with Gasteiger partial charge in [-0.1, -0.05) is 39.9 Å². The van der Waals surface area contributed by atoms with Crippen molar-refractivity contribution >= 4 is 83.1 Å². The summed E-state index contributed by atoms with van der Waals surface area (Å²) in [6, 6.07) is 4.30. The van der Waals surface area contributed by atoms with Crippen LogP contribution in [0.15, 0.2) is 27.6 Å². The molecule has 8 nitrogen and oxygen atoms in total. The van der Waals surface area contributed by atoms with E-state index in [4.69, 9.17) is 12.2 Å². The second kappa shape index (κ2) is 7.18. The molecule has 0 aliphatic carbocycles. The van der Waals surface area contributed by atoms with Gasteiger partial charge in [-0.05, 0) is 24.6 Å². The molecule has 0 N–H and O–H groups in total. The molecule has 4 rings (SSSR count). The molecule has 1 atom stereocenters. The highest BCUT2D eigenvalue weighted by molar-refractivity contribution is 9.10. The van der Waals surface area contributed by atoms with Crippen LogP contribution in [0.2, 0.25) is 0 Å². The number of hydrogen-bond donors (Lipinski definition) is 0. The van der Waals surface area contributed by atoms with Crippen molar-refractivity contribution in [3.05, 3.63) is 33.1 Å². The molecule has 0 unspecified atom stereocenters. The third kappa shape index (κ3) is 3.51. The lowest BCUT2D eigenvalue weighted by atomic mass is 10.1. The van der Waals surface area contributed by atoms with Crippen molar-refractivity contribution in [3.8, 4) is 0 Å². The number of hydrogen-bond acceptors (Lipinski definition) is 8. The van der Waals surface area contributed by atoms with Crippen LogP contribution >= 0.6 is 39.9 Å².